The summed E-state index contributed by atoms with van der Waals surface area (Å²) in [5.41, 5.74) is 7.07. The van der Waals surface area contributed by atoms with E-state index in [0.717, 1.165) is 35.5 Å². The van der Waals surface area contributed by atoms with Gasteiger partial charge in [-0.25, -0.2) is 14.4 Å². The Morgan fingerprint density at radius 2 is 2.10 bits per heavy atom. The van der Waals surface area contributed by atoms with Gasteiger partial charge in [0.2, 0.25) is 0 Å². The molecule has 3 aromatic rings. The van der Waals surface area contributed by atoms with Crippen molar-refractivity contribution >= 4 is 11.0 Å². The van der Waals surface area contributed by atoms with Crippen molar-refractivity contribution < 1.29 is 4.39 Å². The van der Waals surface area contributed by atoms with E-state index in [2.05, 4.69) is 9.97 Å². The third-order valence-electron chi connectivity index (χ3n) is 3.17. The Labute approximate surface area is 116 Å². The van der Waals surface area contributed by atoms with Gasteiger partial charge in [-0.2, -0.15) is 0 Å². The molecule has 0 amide bonds. The highest BCUT2D eigenvalue weighted by molar-refractivity contribution is 5.78. The van der Waals surface area contributed by atoms with Crippen LogP contribution in [0.25, 0.3) is 16.9 Å². The maximum absolute atomic E-state index is 13.5. The number of pyridine rings is 1. The van der Waals surface area contributed by atoms with Crippen LogP contribution in [0.2, 0.25) is 0 Å². The predicted octanol–water partition coefficient (Wildman–Crippen LogP) is 2.45. The maximum Gasteiger partial charge on any atom is 0.138 e. The van der Waals surface area contributed by atoms with Gasteiger partial charge >= 0.3 is 0 Å². The first kappa shape index (κ1) is 12.7. The topological polar surface area (TPSA) is 56.7 Å². The van der Waals surface area contributed by atoms with Crippen molar-refractivity contribution in [2.75, 3.05) is 6.54 Å². The maximum atomic E-state index is 13.5. The highest BCUT2D eigenvalue weighted by Gasteiger charge is 2.13. The summed E-state index contributed by atoms with van der Waals surface area (Å²) >= 11 is 0. The smallest absolute Gasteiger partial charge is 0.138 e. The molecule has 0 unspecified atom stereocenters. The number of nitrogens with two attached hydrogens (primary N) is 1. The van der Waals surface area contributed by atoms with Crippen LogP contribution in [0.1, 0.15) is 12.2 Å². The van der Waals surface area contributed by atoms with Crippen molar-refractivity contribution in [3.8, 4) is 5.82 Å². The van der Waals surface area contributed by atoms with Crippen molar-refractivity contribution in [1.82, 2.24) is 14.5 Å². The van der Waals surface area contributed by atoms with E-state index >= 15 is 0 Å². The Bertz CT molecular complexity index is 721. The minimum absolute atomic E-state index is 0.278. The zero-order valence-electron chi connectivity index (χ0n) is 11.0. The van der Waals surface area contributed by atoms with E-state index in [-0.39, 0.29) is 5.82 Å². The molecule has 0 bridgehead atoms. The van der Waals surface area contributed by atoms with Crippen molar-refractivity contribution in [2.24, 2.45) is 5.73 Å². The molecule has 0 spiro atoms. The van der Waals surface area contributed by atoms with Gasteiger partial charge in [-0.1, -0.05) is 6.07 Å². The number of imidazole rings is 1. The number of rotatable bonds is 4. The fourth-order valence-corrected chi connectivity index (χ4v) is 2.27. The molecule has 0 aliphatic rings. The van der Waals surface area contributed by atoms with Gasteiger partial charge in [-0.05, 0) is 37.2 Å². The predicted molar refractivity (Wildman–Crippen MR) is 76.2 cm³/mol. The minimum atomic E-state index is -0.278. The minimum Gasteiger partial charge on any atom is -0.330 e. The molecular formula is C15H15FN4. The van der Waals surface area contributed by atoms with Crippen molar-refractivity contribution in [1.29, 1.82) is 0 Å². The van der Waals surface area contributed by atoms with Gasteiger partial charge in [-0.15, -0.1) is 0 Å². The first-order valence-electron chi connectivity index (χ1n) is 6.58. The van der Waals surface area contributed by atoms with Gasteiger partial charge in [-0.3, -0.25) is 4.57 Å². The first-order chi connectivity index (χ1) is 9.79. The molecule has 0 saturated carbocycles. The normalized spacial score (nSPS) is 11.1. The molecule has 2 N–H and O–H groups in total. The van der Waals surface area contributed by atoms with Crippen LogP contribution < -0.4 is 5.73 Å². The third-order valence-corrected chi connectivity index (χ3v) is 3.17. The van der Waals surface area contributed by atoms with Crippen LogP contribution in [0, 0.1) is 5.82 Å². The van der Waals surface area contributed by atoms with E-state index in [1.54, 1.807) is 12.3 Å². The molecule has 0 fully saturated rings. The number of halogens is 1. The Kier molecular flexibility index (Phi) is 3.43. The highest BCUT2D eigenvalue weighted by Crippen LogP contribution is 2.22. The molecule has 0 aliphatic carbocycles. The average molecular weight is 270 g/mol. The Morgan fingerprint density at radius 1 is 1.20 bits per heavy atom. The molecule has 5 heteroatoms. The average Bonchev–Trinajstić information content (AvgIpc) is 2.83. The second kappa shape index (κ2) is 5.38. The Morgan fingerprint density at radius 3 is 2.85 bits per heavy atom. The van der Waals surface area contributed by atoms with Gasteiger partial charge in [0.25, 0.3) is 0 Å². The van der Waals surface area contributed by atoms with Crippen molar-refractivity contribution in [2.45, 2.75) is 12.8 Å². The summed E-state index contributed by atoms with van der Waals surface area (Å²) in [6, 6.07) is 10.2. The van der Waals surface area contributed by atoms with Gasteiger partial charge in [0.05, 0.1) is 11.0 Å². The largest absolute Gasteiger partial charge is 0.330 e. The Hall–Kier alpha value is -2.27. The van der Waals surface area contributed by atoms with E-state index in [1.807, 2.05) is 22.8 Å². The molecule has 2 heterocycles. The number of nitrogens with zero attached hydrogens (tertiary/aromatic N) is 3. The number of aryl methyl sites for hydroxylation is 1. The highest BCUT2D eigenvalue weighted by atomic mass is 19.1. The van der Waals surface area contributed by atoms with Crippen molar-refractivity contribution in [3.05, 3.63) is 54.2 Å². The summed E-state index contributed by atoms with van der Waals surface area (Å²) in [6.45, 7) is 0.597. The molecule has 3 rings (SSSR count). The summed E-state index contributed by atoms with van der Waals surface area (Å²) < 4.78 is 15.4. The second-order valence-electron chi connectivity index (χ2n) is 4.58. The standard InChI is InChI=1S/C15H15FN4/c16-11-6-7-12-13(10-11)20(14-4-1-2-9-18-14)15(19-12)5-3-8-17/h1-2,4,6-7,9-10H,3,5,8,17H2. The Balaban J connectivity index is 2.22. The first-order valence-corrected chi connectivity index (χ1v) is 6.58. The zero-order chi connectivity index (χ0) is 13.9. The van der Waals surface area contributed by atoms with E-state index in [1.165, 1.54) is 12.1 Å². The fourth-order valence-electron chi connectivity index (χ4n) is 2.27. The monoisotopic (exact) mass is 270 g/mol. The van der Waals surface area contributed by atoms with Crippen LogP contribution in [0.4, 0.5) is 4.39 Å². The van der Waals surface area contributed by atoms with Crippen LogP contribution in [0.3, 0.4) is 0 Å². The summed E-state index contributed by atoms with van der Waals surface area (Å²) in [6.07, 6.45) is 3.29. The van der Waals surface area contributed by atoms with Crippen LogP contribution in [0.15, 0.2) is 42.6 Å². The number of hydrogen-bond acceptors (Lipinski definition) is 3. The van der Waals surface area contributed by atoms with Crippen LogP contribution >= 0.6 is 0 Å². The van der Waals surface area contributed by atoms with E-state index in [9.17, 15) is 4.39 Å². The molecule has 102 valence electrons. The number of benzene rings is 1. The second-order valence-corrected chi connectivity index (χ2v) is 4.58. The molecule has 20 heavy (non-hydrogen) atoms. The zero-order valence-corrected chi connectivity index (χ0v) is 11.0. The quantitative estimate of drug-likeness (QED) is 0.792. The number of aromatic nitrogens is 3. The molecule has 0 saturated heterocycles. The lowest BCUT2D eigenvalue weighted by molar-refractivity contribution is 0.629. The van der Waals surface area contributed by atoms with E-state index in [0.29, 0.717) is 6.54 Å². The summed E-state index contributed by atoms with van der Waals surface area (Å²) in [7, 11) is 0. The molecule has 2 aromatic heterocycles. The number of fused-ring (bicyclic) bond motifs is 1. The lowest BCUT2D eigenvalue weighted by Gasteiger charge is -2.07. The van der Waals surface area contributed by atoms with E-state index in [4.69, 9.17) is 5.73 Å². The van der Waals surface area contributed by atoms with E-state index < -0.39 is 0 Å². The molecule has 1 aromatic carbocycles. The molecule has 0 atom stereocenters. The van der Waals surface area contributed by atoms with Crippen molar-refractivity contribution in [3.63, 3.8) is 0 Å². The molecule has 4 nitrogen and oxygen atoms in total. The van der Waals surface area contributed by atoms with Crippen LogP contribution in [-0.4, -0.2) is 21.1 Å². The molecular weight excluding hydrogens is 255 g/mol. The van der Waals surface area contributed by atoms with Crippen LogP contribution in [-0.2, 0) is 6.42 Å². The summed E-state index contributed by atoms with van der Waals surface area (Å²) in [5, 5.41) is 0. The lowest BCUT2D eigenvalue weighted by atomic mass is 10.3. The fraction of sp³-hybridized carbons (Fsp3) is 0.200. The molecule has 0 radical (unpaired) electrons. The van der Waals surface area contributed by atoms with Gasteiger partial charge in [0.15, 0.2) is 0 Å². The summed E-state index contributed by atoms with van der Waals surface area (Å²) in [5.74, 6) is 1.32. The third kappa shape index (κ3) is 2.28. The van der Waals surface area contributed by atoms with Gasteiger partial charge in [0, 0.05) is 18.7 Å². The van der Waals surface area contributed by atoms with Gasteiger partial charge < -0.3 is 5.73 Å². The SMILES string of the molecule is NCCCc1nc2ccc(F)cc2n1-c1ccccn1. The van der Waals surface area contributed by atoms with Gasteiger partial charge in [0.1, 0.15) is 17.5 Å². The number of hydrogen-bond donors (Lipinski definition) is 1. The molecule has 0 aliphatic heterocycles. The summed E-state index contributed by atoms with van der Waals surface area (Å²) in [4.78, 5) is 8.91. The van der Waals surface area contributed by atoms with Crippen LogP contribution in [0.5, 0.6) is 0 Å². The lowest BCUT2D eigenvalue weighted by Crippen LogP contribution is -2.07.